The van der Waals surface area contributed by atoms with E-state index in [4.69, 9.17) is 15.6 Å². The molecule has 0 amide bonds. The van der Waals surface area contributed by atoms with Gasteiger partial charge in [-0.05, 0) is 24.6 Å². The predicted molar refractivity (Wildman–Crippen MR) is 51.7 cm³/mol. The first-order valence-corrected chi connectivity index (χ1v) is 4.30. The Morgan fingerprint density at radius 1 is 1.57 bits per heavy atom. The number of aryl methyl sites for hydroxylation is 1. The van der Waals surface area contributed by atoms with Crippen LogP contribution in [0.15, 0.2) is 12.1 Å². The Kier molecular flexibility index (Phi) is 3.43. The average molecular weight is 199 g/mol. The number of aliphatic hydroxyl groups excluding tert-OH is 1. The van der Waals surface area contributed by atoms with Crippen molar-refractivity contribution in [2.75, 3.05) is 13.7 Å². The minimum absolute atomic E-state index is 0.273. The fourth-order valence-corrected chi connectivity index (χ4v) is 1.27. The Hall–Kier alpha value is -1.13. The Morgan fingerprint density at radius 3 is 2.71 bits per heavy atom. The van der Waals surface area contributed by atoms with Gasteiger partial charge in [-0.25, -0.2) is 4.39 Å². The molecular formula is C10H14FNO2. The van der Waals surface area contributed by atoms with Gasteiger partial charge >= 0.3 is 0 Å². The molecule has 3 nitrogen and oxygen atoms in total. The van der Waals surface area contributed by atoms with Crippen LogP contribution in [0.1, 0.15) is 17.2 Å². The van der Waals surface area contributed by atoms with E-state index in [0.29, 0.717) is 11.3 Å². The first-order chi connectivity index (χ1) is 6.60. The van der Waals surface area contributed by atoms with Gasteiger partial charge in [-0.3, -0.25) is 0 Å². The molecule has 1 unspecified atom stereocenters. The van der Waals surface area contributed by atoms with E-state index in [1.807, 2.05) is 0 Å². The maximum atomic E-state index is 13.4. The van der Waals surface area contributed by atoms with Gasteiger partial charge in [-0.2, -0.15) is 0 Å². The SMILES string of the molecule is COc1cc(C(N)CO)c(F)cc1C. The van der Waals surface area contributed by atoms with Crippen LogP contribution >= 0.6 is 0 Å². The molecule has 0 aliphatic rings. The molecule has 1 aromatic rings. The Balaban J connectivity index is 3.17. The van der Waals surface area contributed by atoms with Crippen molar-refractivity contribution in [2.45, 2.75) is 13.0 Å². The molecule has 0 heterocycles. The van der Waals surface area contributed by atoms with Crippen LogP contribution in [0.5, 0.6) is 5.75 Å². The lowest BCUT2D eigenvalue weighted by Crippen LogP contribution is -2.16. The molecule has 0 fully saturated rings. The summed E-state index contributed by atoms with van der Waals surface area (Å²) in [5.74, 6) is 0.162. The number of ether oxygens (including phenoxy) is 1. The normalized spacial score (nSPS) is 12.6. The lowest BCUT2D eigenvalue weighted by Gasteiger charge is -2.13. The van der Waals surface area contributed by atoms with Crippen molar-refractivity contribution >= 4 is 0 Å². The second-order valence-electron chi connectivity index (χ2n) is 3.13. The molecule has 0 saturated heterocycles. The molecule has 78 valence electrons. The first-order valence-electron chi connectivity index (χ1n) is 4.30. The van der Waals surface area contributed by atoms with Gasteiger partial charge in [0.15, 0.2) is 0 Å². The van der Waals surface area contributed by atoms with Gasteiger partial charge in [0.05, 0.1) is 19.8 Å². The van der Waals surface area contributed by atoms with Gasteiger partial charge in [0.25, 0.3) is 0 Å². The summed E-state index contributed by atoms with van der Waals surface area (Å²) in [4.78, 5) is 0. The first kappa shape index (κ1) is 10.9. The zero-order valence-corrected chi connectivity index (χ0v) is 8.25. The predicted octanol–water partition coefficient (Wildman–Crippen LogP) is 1.13. The zero-order valence-electron chi connectivity index (χ0n) is 8.25. The van der Waals surface area contributed by atoms with E-state index in [2.05, 4.69) is 0 Å². The third-order valence-corrected chi connectivity index (χ3v) is 2.11. The van der Waals surface area contributed by atoms with Gasteiger partial charge in [0.2, 0.25) is 0 Å². The van der Waals surface area contributed by atoms with Gasteiger partial charge in [-0.1, -0.05) is 0 Å². The molecule has 1 atom stereocenters. The summed E-state index contributed by atoms with van der Waals surface area (Å²) in [7, 11) is 1.51. The van der Waals surface area contributed by atoms with Crippen molar-refractivity contribution in [2.24, 2.45) is 5.73 Å². The summed E-state index contributed by atoms with van der Waals surface area (Å²) in [6.07, 6.45) is 0. The Bertz CT molecular complexity index is 328. The Morgan fingerprint density at radius 2 is 2.21 bits per heavy atom. The largest absolute Gasteiger partial charge is 0.496 e. The zero-order chi connectivity index (χ0) is 10.7. The van der Waals surface area contributed by atoms with E-state index in [0.717, 1.165) is 0 Å². The molecule has 0 aliphatic heterocycles. The molecule has 3 N–H and O–H groups in total. The van der Waals surface area contributed by atoms with E-state index in [1.165, 1.54) is 19.2 Å². The number of hydrogen-bond acceptors (Lipinski definition) is 3. The van der Waals surface area contributed by atoms with Crippen LogP contribution in [-0.2, 0) is 0 Å². The highest BCUT2D eigenvalue weighted by atomic mass is 19.1. The number of rotatable bonds is 3. The molecule has 0 saturated carbocycles. The van der Waals surface area contributed by atoms with E-state index in [-0.39, 0.29) is 12.2 Å². The summed E-state index contributed by atoms with van der Waals surface area (Å²) in [6, 6.07) is 2.17. The fourth-order valence-electron chi connectivity index (χ4n) is 1.27. The molecule has 1 rings (SSSR count). The standard InChI is InChI=1S/C10H14FNO2/c1-6-3-8(11)7(9(12)5-13)4-10(6)14-2/h3-4,9,13H,5,12H2,1-2H3. The smallest absolute Gasteiger partial charge is 0.128 e. The van der Waals surface area contributed by atoms with Crippen LogP contribution in [0, 0.1) is 12.7 Å². The van der Waals surface area contributed by atoms with Crippen molar-refractivity contribution in [3.8, 4) is 5.75 Å². The van der Waals surface area contributed by atoms with E-state index < -0.39 is 11.9 Å². The molecule has 0 bridgehead atoms. The van der Waals surface area contributed by atoms with Gasteiger partial charge < -0.3 is 15.6 Å². The summed E-state index contributed by atoms with van der Waals surface area (Å²) in [6.45, 7) is 1.46. The second kappa shape index (κ2) is 4.39. The highest BCUT2D eigenvalue weighted by Gasteiger charge is 2.13. The van der Waals surface area contributed by atoms with Crippen molar-refractivity contribution in [1.82, 2.24) is 0 Å². The quantitative estimate of drug-likeness (QED) is 0.767. The van der Waals surface area contributed by atoms with Crippen LogP contribution in [-0.4, -0.2) is 18.8 Å². The van der Waals surface area contributed by atoms with Gasteiger partial charge in [0.1, 0.15) is 11.6 Å². The maximum Gasteiger partial charge on any atom is 0.128 e. The van der Waals surface area contributed by atoms with Crippen molar-refractivity contribution in [3.05, 3.63) is 29.1 Å². The highest BCUT2D eigenvalue weighted by molar-refractivity contribution is 5.38. The Labute approximate surface area is 82.3 Å². The number of halogens is 1. The number of benzene rings is 1. The third kappa shape index (κ3) is 2.02. The van der Waals surface area contributed by atoms with Crippen LogP contribution in [0.3, 0.4) is 0 Å². The summed E-state index contributed by atoms with van der Waals surface area (Å²) < 4.78 is 18.4. The lowest BCUT2D eigenvalue weighted by atomic mass is 10.0. The minimum atomic E-state index is -0.704. The summed E-state index contributed by atoms with van der Waals surface area (Å²) >= 11 is 0. The molecule has 1 aromatic carbocycles. The second-order valence-corrected chi connectivity index (χ2v) is 3.13. The van der Waals surface area contributed by atoms with E-state index in [1.54, 1.807) is 6.92 Å². The van der Waals surface area contributed by atoms with E-state index in [9.17, 15) is 4.39 Å². The van der Waals surface area contributed by atoms with Gasteiger partial charge in [0, 0.05) is 5.56 Å². The number of methoxy groups -OCH3 is 1. The lowest BCUT2D eigenvalue weighted by molar-refractivity contribution is 0.265. The van der Waals surface area contributed by atoms with Crippen LogP contribution in [0.25, 0.3) is 0 Å². The minimum Gasteiger partial charge on any atom is -0.496 e. The highest BCUT2D eigenvalue weighted by Crippen LogP contribution is 2.25. The molecule has 14 heavy (non-hydrogen) atoms. The van der Waals surface area contributed by atoms with E-state index >= 15 is 0 Å². The molecule has 0 aliphatic carbocycles. The molecule has 0 aromatic heterocycles. The molecular weight excluding hydrogens is 185 g/mol. The molecule has 4 heteroatoms. The molecule has 0 spiro atoms. The summed E-state index contributed by atoms with van der Waals surface area (Å²) in [5, 5.41) is 8.81. The number of hydrogen-bond donors (Lipinski definition) is 2. The third-order valence-electron chi connectivity index (χ3n) is 2.11. The number of nitrogens with two attached hydrogens (primary N) is 1. The van der Waals surface area contributed by atoms with Crippen LogP contribution < -0.4 is 10.5 Å². The van der Waals surface area contributed by atoms with Crippen molar-refractivity contribution in [3.63, 3.8) is 0 Å². The topological polar surface area (TPSA) is 55.5 Å². The maximum absolute atomic E-state index is 13.4. The fraction of sp³-hybridized carbons (Fsp3) is 0.400. The monoisotopic (exact) mass is 199 g/mol. The van der Waals surface area contributed by atoms with Gasteiger partial charge in [-0.15, -0.1) is 0 Å². The van der Waals surface area contributed by atoms with Crippen LogP contribution in [0.2, 0.25) is 0 Å². The van der Waals surface area contributed by atoms with Crippen molar-refractivity contribution in [1.29, 1.82) is 0 Å². The average Bonchev–Trinajstić information content (AvgIpc) is 2.17. The molecule has 0 radical (unpaired) electrons. The number of aliphatic hydroxyl groups is 1. The summed E-state index contributed by atoms with van der Waals surface area (Å²) in [5.41, 5.74) is 6.50. The van der Waals surface area contributed by atoms with Crippen molar-refractivity contribution < 1.29 is 14.2 Å². The van der Waals surface area contributed by atoms with Crippen LogP contribution in [0.4, 0.5) is 4.39 Å².